The Hall–Kier alpha value is -6.64. The third-order valence-electron chi connectivity index (χ3n) is 14.5. The molecule has 0 aliphatic carbocycles. The smallest absolute Gasteiger partial charge is 0.407 e. The Kier molecular flexibility index (Phi) is 15.3. The largest absolute Gasteiger partial charge is 0.453 e. The van der Waals surface area contributed by atoms with Crippen molar-refractivity contribution in [1.82, 2.24) is 40.4 Å². The Balaban J connectivity index is 1.11. The van der Waals surface area contributed by atoms with E-state index < -0.39 is 42.2 Å². The minimum atomic E-state index is -0.801. The number of benzene rings is 2. The van der Waals surface area contributed by atoms with E-state index in [9.17, 15) is 19.2 Å². The number of piperidine rings is 1. The van der Waals surface area contributed by atoms with E-state index in [2.05, 4.69) is 36.3 Å². The monoisotopic (exact) mass is 965 g/mol. The number of hydrogen-bond acceptors (Lipinski definition) is 10. The molecule has 4 fully saturated rings. The van der Waals surface area contributed by atoms with E-state index in [0.29, 0.717) is 95.5 Å². The Morgan fingerprint density at radius 3 is 1.96 bits per heavy atom. The van der Waals surface area contributed by atoms with E-state index in [0.717, 1.165) is 45.2 Å². The lowest BCUT2D eigenvalue weighted by atomic mass is 10.0. The van der Waals surface area contributed by atoms with Gasteiger partial charge in [0.25, 0.3) is 0 Å². The molecule has 0 saturated carbocycles. The van der Waals surface area contributed by atoms with Gasteiger partial charge in [0.05, 0.1) is 59.8 Å². The Morgan fingerprint density at radius 1 is 0.771 bits per heavy atom. The van der Waals surface area contributed by atoms with Gasteiger partial charge in [0, 0.05) is 49.5 Å². The molecule has 2 aromatic heterocycles. The van der Waals surface area contributed by atoms with Gasteiger partial charge in [-0.2, -0.15) is 0 Å². The third-order valence-corrected chi connectivity index (χ3v) is 14.5. The molecule has 70 heavy (non-hydrogen) atoms. The summed E-state index contributed by atoms with van der Waals surface area (Å²) in [6, 6.07) is 5.48. The van der Waals surface area contributed by atoms with Crippen molar-refractivity contribution < 1.29 is 37.4 Å². The highest BCUT2D eigenvalue weighted by Crippen LogP contribution is 2.44. The first kappa shape index (κ1) is 49.8. The van der Waals surface area contributed by atoms with Crippen LogP contribution in [0.15, 0.2) is 30.3 Å². The number of H-pyrrole nitrogens is 2. The van der Waals surface area contributed by atoms with Crippen LogP contribution in [-0.2, 0) is 19.1 Å². The minimum absolute atomic E-state index is 0.194. The quantitative estimate of drug-likeness (QED) is 0.106. The van der Waals surface area contributed by atoms with Crippen molar-refractivity contribution in [2.75, 3.05) is 50.2 Å². The summed E-state index contributed by atoms with van der Waals surface area (Å²) in [6.45, 7) is 9.98. The number of carbonyl (C=O) groups excluding carboxylic acids is 4. The van der Waals surface area contributed by atoms with Crippen LogP contribution in [0, 0.1) is 35.8 Å². The first-order valence-corrected chi connectivity index (χ1v) is 24.7. The molecule has 1 unspecified atom stereocenters. The average molecular weight is 965 g/mol. The van der Waals surface area contributed by atoms with Crippen LogP contribution >= 0.6 is 0 Å². The number of methoxy groups -OCH3 is 2. The van der Waals surface area contributed by atoms with E-state index in [-0.39, 0.29) is 41.6 Å². The van der Waals surface area contributed by atoms with Gasteiger partial charge < -0.3 is 49.7 Å². The maximum absolute atomic E-state index is 16.7. The van der Waals surface area contributed by atoms with Gasteiger partial charge in [-0.1, -0.05) is 39.7 Å². The second-order valence-corrected chi connectivity index (χ2v) is 19.6. The standard InChI is InChI=1S/C52H66F2N10O6/c1-8-14-37-38(56-47(55-37)43-15-12-25-62(43)49(65)45(30(2)3)59-51(67)69-6)20-17-32-18-21-41(64(32)33-19-22-42(36(54)27-33)61-23-10-9-11-24-61)34-28-39-40(29-35(34)53)58-48(57-39)44-16-13-26-63(44)50(66)46(31(4)5)60-52(68)70-7/h1,14,19-20,22,27-32,41,43-46H,9-13,15-18,21,23-26H2,2-7H3,(H,55,56)(H,57,58)(H,59,67)(H,60,68)/b37-14+,38-20+/t32-,41+,43-,44-,45?,46-/m0/s1. The van der Waals surface area contributed by atoms with Crippen LogP contribution in [0.25, 0.3) is 23.2 Å². The zero-order valence-corrected chi connectivity index (χ0v) is 41.0. The molecule has 6 atom stereocenters. The summed E-state index contributed by atoms with van der Waals surface area (Å²) in [5.41, 5.74) is 2.63. The van der Waals surface area contributed by atoms with Gasteiger partial charge in [0.1, 0.15) is 35.4 Å². The number of hydrogen-bond donors (Lipinski definition) is 4. The van der Waals surface area contributed by atoms with Gasteiger partial charge in [-0.15, -0.1) is 6.42 Å². The highest BCUT2D eigenvalue weighted by molar-refractivity contribution is 5.87. The molecule has 8 rings (SSSR count). The van der Waals surface area contributed by atoms with Gasteiger partial charge >= 0.3 is 12.2 Å². The van der Waals surface area contributed by atoms with Crippen LogP contribution in [-0.4, -0.2) is 112 Å². The van der Waals surface area contributed by atoms with Gasteiger partial charge in [0.2, 0.25) is 11.8 Å². The number of alkyl carbamates (subject to hydrolysis) is 2. The van der Waals surface area contributed by atoms with Crippen molar-refractivity contribution in [3.8, 4) is 12.3 Å². The van der Waals surface area contributed by atoms with E-state index in [1.54, 1.807) is 28.0 Å². The van der Waals surface area contributed by atoms with Crippen molar-refractivity contribution in [2.24, 2.45) is 11.8 Å². The third kappa shape index (κ3) is 10.3. The number of aromatic nitrogens is 4. The lowest BCUT2D eigenvalue weighted by Gasteiger charge is -2.34. The van der Waals surface area contributed by atoms with Gasteiger partial charge in [0.15, 0.2) is 0 Å². The molecule has 4 aliphatic heterocycles. The van der Waals surface area contributed by atoms with Crippen LogP contribution in [0.4, 0.5) is 29.7 Å². The number of ether oxygens (including phenoxy) is 2. The topological polar surface area (TPSA) is 181 Å². The van der Waals surface area contributed by atoms with E-state index in [1.807, 2.05) is 45.9 Å². The van der Waals surface area contributed by atoms with Crippen LogP contribution in [0.3, 0.4) is 0 Å². The molecule has 4 saturated heterocycles. The lowest BCUT2D eigenvalue weighted by Crippen LogP contribution is -2.51. The van der Waals surface area contributed by atoms with Crippen molar-refractivity contribution >= 4 is 58.6 Å². The van der Waals surface area contributed by atoms with E-state index >= 15 is 8.78 Å². The number of nitrogens with zero attached hydrogens (tertiary/aromatic N) is 6. The summed E-state index contributed by atoms with van der Waals surface area (Å²) >= 11 is 0. The summed E-state index contributed by atoms with van der Waals surface area (Å²) < 4.78 is 42.7. The molecule has 18 heteroatoms. The molecule has 0 spiro atoms. The first-order chi connectivity index (χ1) is 33.7. The van der Waals surface area contributed by atoms with Crippen molar-refractivity contribution in [2.45, 2.75) is 128 Å². The maximum Gasteiger partial charge on any atom is 0.407 e. The van der Waals surface area contributed by atoms with Crippen LogP contribution < -0.4 is 31.1 Å². The predicted molar refractivity (Wildman–Crippen MR) is 263 cm³/mol. The normalized spacial score (nSPS) is 22.0. The number of carbonyl (C=O) groups is 4. The number of amides is 4. The fourth-order valence-electron chi connectivity index (χ4n) is 10.9. The molecule has 4 aromatic rings. The first-order valence-electron chi connectivity index (χ1n) is 24.7. The summed E-state index contributed by atoms with van der Waals surface area (Å²) in [4.78, 5) is 76.6. The number of anilines is 2. The summed E-state index contributed by atoms with van der Waals surface area (Å²) in [7, 11) is 2.52. The molecule has 16 nitrogen and oxygen atoms in total. The zero-order valence-electron chi connectivity index (χ0n) is 41.0. The number of nitrogens with one attached hydrogen (secondary N) is 4. The minimum Gasteiger partial charge on any atom is -0.453 e. The number of halogens is 2. The molecule has 4 aliphatic rings. The molecular weight excluding hydrogens is 899 g/mol. The molecule has 0 radical (unpaired) electrons. The molecule has 0 bridgehead atoms. The fraction of sp³-hybridized carbons (Fsp3) is 0.538. The van der Waals surface area contributed by atoms with Gasteiger partial charge in [-0.05, 0) is 106 Å². The second-order valence-electron chi connectivity index (χ2n) is 19.6. The Bertz CT molecular complexity index is 2740. The van der Waals surface area contributed by atoms with E-state index in [1.165, 1.54) is 20.3 Å². The number of terminal acetylenes is 1. The SMILES string of the molecule is C#C/C=c1/[nH]c([C@@H]2CCCN2C(=O)C(NC(=O)OC)C(C)C)n/c1=C/C[C@H]1CC[C@H](c2cc3nc([C@@H]4CCCN4C(=O)[C@@H](NC(=O)OC)C(C)C)[nH]c3cc2F)N1c1ccc(N2CCCCC2)c(F)c1. The summed E-state index contributed by atoms with van der Waals surface area (Å²) in [5, 5.41) is 6.59. The molecule has 2 aromatic carbocycles. The van der Waals surface area contributed by atoms with Crippen LogP contribution in [0.1, 0.15) is 127 Å². The fourth-order valence-corrected chi connectivity index (χ4v) is 10.9. The summed E-state index contributed by atoms with van der Waals surface area (Å²) in [6.07, 6.45) is 15.6. The van der Waals surface area contributed by atoms with Crippen LogP contribution in [0.2, 0.25) is 0 Å². The van der Waals surface area contributed by atoms with E-state index in [4.69, 9.17) is 25.9 Å². The van der Waals surface area contributed by atoms with Gasteiger partial charge in [-0.3, -0.25) is 9.59 Å². The van der Waals surface area contributed by atoms with Crippen LogP contribution in [0.5, 0.6) is 0 Å². The van der Waals surface area contributed by atoms with Crippen molar-refractivity contribution in [3.63, 3.8) is 0 Å². The maximum atomic E-state index is 16.7. The Morgan fingerprint density at radius 2 is 1.39 bits per heavy atom. The lowest BCUT2D eigenvalue weighted by molar-refractivity contribution is -0.136. The number of imidazole rings is 2. The van der Waals surface area contributed by atoms with Gasteiger partial charge in [-0.25, -0.2) is 28.3 Å². The number of fused-ring (bicyclic) bond motifs is 1. The number of rotatable bonds is 13. The molecule has 4 N–H and O–H groups in total. The second kappa shape index (κ2) is 21.6. The zero-order chi connectivity index (χ0) is 49.8. The molecule has 6 heterocycles. The number of aromatic amines is 2. The molecule has 374 valence electrons. The molecule has 4 amide bonds. The Labute approximate surface area is 407 Å². The van der Waals surface area contributed by atoms with Crippen molar-refractivity contribution in [3.05, 3.63) is 69.9 Å². The predicted octanol–water partition coefficient (Wildman–Crippen LogP) is 6.64. The van der Waals surface area contributed by atoms with Crippen molar-refractivity contribution in [1.29, 1.82) is 0 Å². The highest BCUT2D eigenvalue weighted by Gasteiger charge is 2.41. The summed E-state index contributed by atoms with van der Waals surface area (Å²) in [5.74, 6) is 2.09. The average Bonchev–Trinajstić information content (AvgIpc) is 4.21. The highest BCUT2D eigenvalue weighted by atomic mass is 19.1. The molecular formula is C52H66F2N10O6. The number of likely N-dealkylation sites (tertiary alicyclic amines) is 2.